The van der Waals surface area contributed by atoms with Crippen molar-refractivity contribution in [2.24, 2.45) is 0 Å². The zero-order chi connectivity index (χ0) is 20.9. The van der Waals surface area contributed by atoms with Gasteiger partial charge in [-0.05, 0) is 48.9 Å². The SMILES string of the molecule is CCSc1ccccc1NC(=O)[C@H](CC)N(c1ccc(C)c(Cl)c1)S(C)(=O)=O. The number of carbonyl (C=O) groups is 1. The van der Waals surface area contributed by atoms with Gasteiger partial charge in [-0.2, -0.15) is 0 Å². The van der Waals surface area contributed by atoms with Crippen LogP contribution in [-0.2, 0) is 14.8 Å². The van der Waals surface area contributed by atoms with Crippen LogP contribution >= 0.6 is 23.4 Å². The summed E-state index contributed by atoms with van der Waals surface area (Å²) in [5.74, 6) is 0.482. The molecule has 152 valence electrons. The van der Waals surface area contributed by atoms with Crippen LogP contribution in [0, 0.1) is 6.92 Å². The maximum absolute atomic E-state index is 13.1. The third-order valence-corrected chi connectivity index (χ3v) is 6.73. The van der Waals surface area contributed by atoms with Gasteiger partial charge < -0.3 is 5.32 Å². The molecular formula is C20H25ClN2O3S2. The summed E-state index contributed by atoms with van der Waals surface area (Å²) in [6.45, 7) is 5.65. The molecule has 2 aromatic carbocycles. The topological polar surface area (TPSA) is 66.5 Å². The number of hydrogen-bond acceptors (Lipinski definition) is 4. The Balaban J connectivity index is 2.41. The third-order valence-electron chi connectivity index (χ3n) is 4.18. The van der Waals surface area contributed by atoms with Gasteiger partial charge in [0.05, 0.1) is 17.6 Å². The Hall–Kier alpha value is -1.70. The first-order valence-corrected chi connectivity index (χ1v) is 12.2. The smallest absolute Gasteiger partial charge is 0.248 e. The van der Waals surface area contributed by atoms with Crippen molar-refractivity contribution in [3.05, 3.63) is 53.1 Å². The van der Waals surface area contributed by atoms with Gasteiger partial charge >= 0.3 is 0 Å². The molecule has 2 rings (SSSR count). The van der Waals surface area contributed by atoms with Gasteiger partial charge in [0.1, 0.15) is 6.04 Å². The van der Waals surface area contributed by atoms with Gasteiger partial charge in [0.15, 0.2) is 0 Å². The van der Waals surface area contributed by atoms with Gasteiger partial charge in [-0.25, -0.2) is 8.42 Å². The zero-order valence-electron chi connectivity index (χ0n) is 16.4. The van der Waals surface area contributed by atoms with Crippen LogP contribution in [0.15, 0.2) is 47.4 Å². The Morgan fingerprint density at radius 3 is 2.46 bits per heavy atom. The van der Waals surface area contributed by atoms with Gasteiger partial charge in [0.2, 0.25) is 15.9 Å². The van der Waals surface area contributed by atoms with Crippen LogP contribution in [-0.4, -0.2) is 32.4 Å². The van der Waals surface area contributed by atoms with E-state index in [1.54, 1.807) is 36.9 Å². The van der Waals surface area contributed by atoms with Crippen LogP contribution in [0.2, 0.25) is 5.02 Å². The Morgan fingerprint density at radius 1 is 1.21 bits per heavy atom. The first-order valence-electron chi connectivity index (χ1n) is 8.97. The molecule has 0 spiro atoms. The Morgan fingerprint density at radius 2 is 1.89 bits per heavy atom. The molecule has 0 aliphatic heterocycles. The molecule has 0 aromatic heterocycles. The fourth-order valence-electron chi connectivity index (χ4n) is 2.85. The highest BCUT2D eigenvalue weighted by atomic mass is 35.5. The van der Waals surface area contributed by atoms with E-state index in [4.69, 9.17) is 11.6 Å². The molecule has 0 fully saturated rings. The molecule has 1 amide bonds. The fraction of sp³-hybridized carbons (Fsp3) is 0.350. The predicted molar refractivity (Wildman–Crippen MR) is 119 cm³/mol. The van der Waals surface area contributed by atoms with E-state index in [9.17, 15) is 13.2 Å². The van der Waals surface area contributed by atoms with Crippen molar-refractivity contribution in [3.63, 3.8) is 0 Å². The fourth-order valence-corrected chi connectivity index (χ4v) is 4.99. The lowest BCUT2D eigenvalue weighted by atomic mass is 10.1. The molecule has 0 radical (unpaired) electrons. The monoisotopic (exact) mass is 440 g/mol. The molecule has 1 atom stereocenters. The van der Waals surface area contributed by atoms with Crippen molar-refractivity contribution in [3.8, 4) is 0 Å². The first kappa shape index (κ1) is 22.6. The number of nitrogens with zero attached hydrogens (tertiary/aromatic N) is 1. The van der Waals surface area contributed by atoms with E-state index < -0.39 is 16.1 Å². The van der Waals surface area contributed by atoms with Gasteiger partial charge in [0.25, 0.3) is 0 Å². The minimum Gasteiger partial charge on any atom is -0.323 e. The second-order valence-corrected chi connectivity index (χ2v) is 9.91. The van der Waals surface area contributed by atoms with Crippen molar-refractivity contribution in [2.75, 3.05) is 21.6 Å². The number of hydrogen-bond donors (Lipinski definition) is 1. The molecule has 5 nitrogen and oxygen atoms in total. The van der Waals surface area contributed by atoms with Gasteiger partial charge in [0, 0.05) is 9.92 Å². The van der Waals surface area contributed by atoms with E-state index in [1.807, 2.05) is 38.1 Å². The molecule has 0 saturated carbocycles. The second-order valence-electron chi connectivity index (χ2n) is 6.33. The van der Waals surface area contributed by atoms with E-state index in [0.717, 1.165) is 26.8 Å². The lowest BCUT2D eigenvalue weighted by molar-refractivity contribution is -0.117. The van der Waals surface area contributed by atoms with Crippen molar-refractivity contribution in [1.82, 2.24) is 0 Å². The number of nitrogens with one attached hydrogen (secondary N) is 1. The van der Waals surface area contributed by atoms with Crippen LogP contribution in [0.25, 0.3) is 0 Å². The molecule has 0 aliphatic carbocycles. The molecule has 0 heterocycles. The molecule has 1 N–H and O–H groups in total. The summed E-state index contributed by atoms with van der Waals surface area (Å²) in [5, 5.41) is 3.35. The summed E-state index contributed by atoms with van der Waals surface area (Å²) in [6.07, 6.45) is 1.41. The van der Waals surface area contributed by atoms with E-state index >= 15 is 0 Å². The summed E-state index contributed by atoms with van der Waals surface area (Å²) in [4.78, 5) is 14.0. The molecule has 0 unspecified atom stereocenters. The van der Waals surface area contributed by atoms with E-state index in [2.05, 4.69) is 5.32 Å². The highest BCUT2D eigenvalue weighted by Crippen LogP contribution is 2.30. The standard InChI is InChI=1S/C20H25ClN2O3S2/c1-5-18(20(24)22-17-9-7-8-10-19(17)27-6-2)23(28(4,25)26)15-12-11-14(3)16(21)13-15/h7-13,18H,5-6H2,1-4H3,(H,22,24)/t18-/m0/s1. The number of anilines is 2. The minimum atomic E-state index is -3.71. The number of carbonyl (C=O) groups excluding carboxylic acids is 1. The number of benzene rings is 2. The van der Waals surface area contributed by atoms with Crippen molar-refractivity contribution >= 4 is 50.7 Å². The summed E-state index contributed by atoms with van der Waals surface area (Å²) in [6, 6.07) is 11.6. The Kier molecular flexibility index (Phi) is 7.80. The van der Waals surface area contributed by atoms with Gasteiger partial charge in [-0.15, -0.1) is 11.8 Å². The number of sulfonamides is 1. The lowest BCUT2D eigenvalue weighted by Gasteiger charge is -2.30. The molecule has 8 heteroatoms. The molecular weight excluding hydrogens is 416 g/mol. The Labute approximate surface area is 176 Å². The van der Waals surface area contributed by atoms with E-state index in [-0.39, 0.29) is 5.91 Å². The van der Waals surface area contributed by atoms with Crippen LogP contribution in [0.4, 0.5) is 11.4 Å². The quantitative estimate of drug-likeness (QED) is 0.590. The molecule has 0 saturated heterocycles. The third kappa shape index (κ3) is 5.43. The maximum atomic E-state index is 13.1. The number of aryl methyl sites for hydroxylation is 1. The normalized spacial score (nSPS) is 12.5. The summed E-state index contributed by atoms with van der Waals surface area (Å²) >= 11 is 7.81. The largest absolute Gasteiger partial charge is 0.323 e. The predicted octanol–water partition coefficient (Wildman–Crippen LogP) is 4.94. The van der Waals surface area contributed by atoms with Crippen LogP contribution in [0.5, 0.6) is 0 Å². The van der Waals surface area contributed by atoms with Gasteiger partial charge in [-0.3, -0.25) is 9.10 Å². The molecule has 0 bridgehead atoms. The number of amides is 1. The number of para-hydroxylation sites is 1. The maximum Gasteiger partial charge on any atom is 0.248 e. The van der Waals surface area contributed by atoms with Crippen LogP contribution < -0.4 is 9.62 Å². The minimum absolute atomic E-state index is 0.313. The Bertz CT molecular complexity index is 948. The number of rotatable bonds is 8. The average molecular weight is 441 g/mol. The van der Waals surface area contributed by atoms with Crippen LogP contribution in [0.3, 0.4) is 0 Å². The summed E-state index contributed by atoms with van der Waals surface area (Å²) < 4.78 is 26.2. The number of thioether (sulfide) groups is 1. The highest BCUT2D eigenvalue weighted by Gasteiger charge is 2.32. The van der Waals surface area contributed by atoms with Crippen LogP contribution in [0.1, 0.15) is 25.8 Å². The average Bonchev–Trinajstić information content (AvgIpc) is 2.62. The molecule has 0 aliphatic rings. The second kappa shape index (κ2) is 9.67. The van der Waals surface area contributed by atoms with Gasteiger partial charge in [-0.1, -0.05) is 43.6 Å². The summed E-state index contributed by atoms with van der Waals surface area (Å²) in [5.41, 5.74) is 1.88. The van der Waals surface area contributed by atoms with E-state index in [1.165, 1.54) is 0 Å². The first-order chi connectivity index (χ1) is 13.2. The zero-order valence-corrected chi connectivity index (χ0v) is 18.8. The lowest BCUT2D eigenvalue weighted by Crippen LogP contribution is -2.47. The van der Waals surface area contributed by atoms with E-state index in [0.29, 0.717) is 22.8 Å². The summed E-state index contributed by atoms with van der Waals surface area (Å²) in [7, 11) is -3.71. The molecule has 2 aromatic rings. The van der Waals surface area contributed by atoms with Crippen molar-refractivity contribution in [1.29, 1.82) is 0 Å². The highest BCUT2D eigenvalue weighted by molar-refractivity contribution is 7.99. The van der Waals surface area contributed by atoms with Crippen molar-refractivity contribution < 1.29 is 13.2 Å². The molecule has 28 heavy (non-hydrogen) atoms. The number of halogens is 1. The van der Waals surface area contributed by atoms with Crippen molar-refractivity contribution in [2.45, 2.75) is 38.1 Å².